The SMILES string of the molecule is Nc1cnc(-c2ccc(OCCNC(=O)OCc3ccccc3)cc2)cn1. The molecule has 0 bridgehead atoms. The average Bonchev–Trinajstić information content (AvgIpc) is 2.71. The average molecular weight is 364 g/mol. The van der Waals surface area contributed by atoms with Gasteiger partial charge in [0.1, 0.15) is 24.8 Å². The van der Waals surface area contributed by atoms with Crippen LogP contribution in [0.1, 0.15) is 5.56 Å². The number of rotatable bonds is 7. The lowest BCUT2D eigenvalue weighted by atomic mass is 10.1. The Kier molecular flexibility index (Phi) is 6.19. The summed E-state index contributed by atoms with van der Waals surface area (Å²) in [5.74, 6) is 1.08. The number of carbonyl (C=O) groups is 1. The number of carbonyl (C=O) groups excluding carboxylic acids is 1. The summed E-state index contributed by atoms with van der Waals surface area (Å²) >= 11 is 0. The number of ether oxygens (including phenoxy) is 2. The molecule has 0 atom stereocenters. The molecule has 1 aromatic heterocycles. The van der Waals surface area contributed by atoms with E-state index in [2.05, 4.69) is 15.3 Å². The number of hydrogen-bond acceptors (Lipinski definition) is 6. The first-order valence-electron chi connectivity index (χ1n) is 8.46. The first-order valence-corrected chi connectivity index (χ1v) is 8.46. The van der Waals surface area contributed by atoms with Gasteiger partial charge in [-0.3, -0.25) is 4.98 Å². The van der Waals surface area contributed by atoms with E-state index in [0.29, 0.717) is 24.7 Å². The molecule has 27 heavy (non-hydrogen) atoms. The Hall–Kier alpha value is -3.61. The van der Waals surface area contributed by atoms with Crippen molar-refractivity contribution in [1.82, 2.24) is 15.3 Å². The van der Waals surface area contributed by atoms with Gasteiger partial charge in [0.2, 0.25) is 0 Å². The number of nitrogens with zero attached hydrogens (tertiary/aromatic N) is 2. The monoisotopic (exact) mass is 364 g/mol. The first kappa shape index (κ1) is 18.2. The smallest absolute Gasteiger partial charge is 0.407 e. The number of aromatic nitrogens is 2. The second-order valence-corrected chi connectivity index (χ2v) is 5.69. The molecular formula is C20H20N4O3. The lowest BCUT2D eigenvalue weighted by Gasteiger charge is -2.09. The Morgan fingerprint density at radius 3 is 2.48 bits per heavy atom. The highest BCUT2D eigenvalue weighted by Gasteiger charge is 2.03. The molecule has 0 saturated heterocycles. The van der Waals surface area contributed by atoms with Crippen LogP contribution in [-0.4, -0.2) is 29.2 Å². The molecule has 7 heteroatoms. The zero-order valence-electron chi connectivity index (χ0n) is 14.7. The highest BCUT2D eigenvalue weighted by molar-refractivity contribution is 5.67. The predicted octanol–water partition coefficient (Wildman–Crippen LogP) is 3.03. The fourth-order valence-corrected chi connectivity index (χ4v) is 2.31. The molecule has 0 saturated carbocycles. The quantitative estimate of drug-likeness (QED) is 0.625. The van der Waals surface area contributed by atoms with E-state index in [1.807, 2.05) is 54.6 Å². The van der Waals surface area contributed by atoms with Gasteiger partial charge in [0, 0.05) is 5.56 Å². The topological polar surface area (TPSA) is 99.4 Å². The van der Waals surface area contributed by atoms with E-state index in [0.717, 1.165) is 16.8 Å². The number of nitrogen functional groups attached to an aromatic ring is 1. The maximum atomic E-state index is 11.6. The minimum absolute atomic E-state index is 0.239. The molecule has 3 N–H and O–H groups in total. The van der Waals surface area contributed by atoms with Crippen LogP contribution < -0.4 is 15.8 Å². The molecule has 138 valence electrons. The third kappa shape index (κ3) is 5.71. The van der Waals surface area contributed by atoms with Crippen molar-refractivity contribution in [3.8, 4) is 17.0 Å². The van der Waals surface area contributed by atoms with Crippen LogP contribution in [0.4, 0.5) is 10.6 Å². The predicted molar refractivity (Wildman–Crippen MR) is 102 cm³/mol. The molecular weight excluding hydrogens is 344 g/mol. The molecule has 2 aromatic carbocycles. The van der Waals surface area contributed by atoms with E-state index in [1.165, 1.54) is 6.20 Å². The van der Waals surface area contributed by atoms with E-state index in [9.17, 15) is 4.79 Å². The Labute approximate surface area is 157 Å². The van der Waals surface area contributed by atoms with Crippen LogP contribution in [0.5, 0.6) is 5.75 Å². The summed E-state index contributed by atoms with van der Waals surface area (Å²) in [5.41, 5.74) is 8.12. The fraction of sp³-hybridized carbons (Fsp3) is 0.150. The Balaban J connectivity index is 1.37. The molecule has 0 fully saturated rings. The van der Waals surface area contributed by atoms with Crippen LogP contribution in [0.2, 0.25) is 0 Å². The Bertz CT molecular complexity index is 853. The number of amides is 1. The second kappa shape index (κ2) is 9.19. The van der Waals surface area contributed by atoms with Crippen molar-refractivity contribution >= 4 is 11.9 Å². The van der Waals surface area contributed by atoms with E-state index >= 15 is 0 Å². The minimum Gasteiger partial charge on any atom is -0.492 e. The molecule has 0 unspecified atom stereocenters. The summed E-state index contributed by atoms with van der Waals surface area (Å²) in [6, 6.07) is 16.9. The number of nitrogens with one attached hydrogen (secondary N) is 1. The van der Waals surface area contributed by atoms with Crippen LogP contribution in [0.25, 0.3) is 11.3 Å². The van der Waals surface area contributed by atoms with E-state index in [1.54, 1.807) is 6.20 Å². The van der Waals surface area contributed by atoms with Gasteiger partial charge in [0.25, 0.3) is 0 Å². The van der Waals surface area contributed by atoms with Crippen molar-refractivity contribution in [1.29, 1.82) is 0 Å². The van der Waals surface area contributed by atoms with Gasteiger partial charge in [-0.05, 0) is 29.8 Å². The number of benzene rings is 2. The van der Waals surface area contributed by atoms with Crippen molar-refractivity contribution in [3.63, 3.8) is 0 Å². The highest BCUT2D eigenvalue weighted by Crippen LogP contribution is 2.20. The molecule has 3 aromatic rings. The van der Waals surface area contributed by atoms with Crippen LogP contribution >= 0.6 is 0 Å². The summed E-state index contributed by atoms with van der Waals surface area (Å²) < 4.78 is 10.7. The highest BCUT2D eigenvalue weighted by atomic mass is 16.5. The molecule has 0 aliphatic rings. The maximum Gasteiger partial charge on any atom is 0.407 e. The molecule has 3 rings (SSSR count). The summed E-state index contributed by atoms with van der Waals surface area (Å²) in [5, 5.41) is 2.65. The Morgan fingerprint density at radius 2 is 1.78 bits per heavy atom. The van der Waals surface area contributed by atoms with E-state index < -0.39 is 6.09 Å². The van der Waals surface area contributed by atoms with Crippen molar-refractivity contribution in [3.05, 3.63) is 72.6 Å². The minimum atomic E-state index is -0.472. The third-order valence-corrected chi connectivity index (χ3v) is 3.67. The molecule has 7 nitrogen and oxygen atoms in total. The number of alkyl carbamates (subject to hydrolysis) is 1. The maximum absolute atomic E-state index is 11.6. The van der Waals surface area contributed by atoms with E-state index in [4.69, 9.17) is 15.2 Å². The largest absolute Gasteiger partial charge is 0.492 e. The van der Waals surface area contributed by atoms with Gasteiger partial charge in [-0.2, -0.15) is 0 Å². The first-order chi connectivity index (χ1) is 13.2. The molecule has 1 amide bonds. The zero-order chi connectivity index (χ0) is 18.9. The molecule has 1 heterocycles. The third-order valence-electron chi connectivity index (χ3n) is 3.67. The van der Waals surface area contributed by atoms with Gasteiger partial charge in [-0.15, -0.1) is 0 Å². The number of nitrogens with two attached hydrogens (primary N) is 1. The van der Waals surface area contributed by atoms with Gasteiger partial charge < -0.3 is 20.5 Å². The van der Waals surface area contributed by atoms with Crippen LogP contribution in [0, 0.1) is 0 Å². The van der Waals surface area contributed by atoms with Crippen LogP contribution in [0.15, 0.2) is 67.0 Å². The molecule has 0 aliphatic carbocycles. The lowest BCUT2D eigenvalue weighted by Crippen LogP contribution is -2.28. The van der Waals surface area contributed by atoms with Gasteiger partial charge >= 0.3 is 6.09 Å². The summed E-state index contributed by atoms with van der Waals surface area (Å²) in [4.78, 5) is 19.9. The Morgan fingerprint density at radius 1 is 1.00 bits per heavy atom. The van der Waals surface area contributed by atoms with Gasteiger partial charge in [-0.1, -0.05) is 30.3 Å². The normalized spacial score (nSPS) is 10.2. The summed E-state index contributed by atoms with van der Waals surface area (Å²) in [6.07, 6.45) is 2.66. The lowest BCUT2D eigenvalue weighted by molar-refractivity contribution is 0.137. The standard InChI is InChI=1S/C20H20N4O3/c21-19-13-23-18(12-24-19)16-6-8-17(9-7-16)26-11-10-22-20(25)27-14-15-4-2-1-3-5-15/h1-9,12-13H,10-11,14H2,(H2,21,24)(H,22,25). The number of hydrogen-bond donors (Lipinski definition) is 2. The molecule has 0 radical (unpaired) electrons. The number of anilines is 1. The fourth-order valence-electron chi connectivity index (χ4n) is 2.31. The van der Waals surface area contributed by atoms with Gasteiger partial charge in [0.15, 0.2) is 0 Å². The van der Waals surface area contributed by atoms with Crippen molar-refractivity contribution < 1.29 is 14.3 Å². The van der Waals surface area contributed by atoms with Crippen molar-refractivity contribution in [2.24, 2.45) is 0 Å². The second-order valence-electron chi connectivity index (χ2n) is 5.69. The summed E-state index contributed by atoms with van der Waals surface area (Å²) in [7, 11) is 0. The van der Waals surface area contributed by atoms with Gasteiger partial charge in [-0.25, -0.2) is 9.78 Å². The van der Waals surface area contributed by atoms with Crippen molar-refractivity contribution in [2.75, 3.05) is 18.9 Å². The van der Waals surface area contributed by atoms with Crippen molar-refractivity contribution in [2.45, 2.75) is 6.61 Å². The molecule has 0 spiro atoms. The van der Waals surface area contributed by atoms with E-state index in [-0.39, 0.29) is 6.61 Å². The van der Waals surface area contributed by atoms with Crippen LogP contribution in [0.3, 0.4) is 0 Å². The van der Waals surface area contributed by atoms with Crippen LogP contribution in [-0.2, 0) is 11.3 Å². The summed E-state index contributed by atoms with van der Waals surface area (Å²) in [6.45, 7) is 0.920. The zero-order valence-corrected chi connectivity index (χ0v) is 14.7. The molecule has 0 aliphatic heterocycles. The van der Waals surface area contributed by atoms with Gasteiger partial charge in [0.05, 0.1) is 24.6 Å².